The number of nitrogens with zero attached hydrogens (tertiary/aromatic N) is 2. The number of nitrogens with one attached hydrogen (secondary N) is 1. The maximum absolute atomic E-state index is 12.4. The van der Waals surface area contributed by atoms with Crippen molar-refractivity contribution in [2.45, 2.75) is 6.92 Å². The van der Waals surface area contributed by atoms with Crippen molar-refractivity contribution in [1.82, 2.24) is 15.2 Å². The van der Waals surface area contributed by atoms with Gasteiger partial charge in [-0.3, -0.25) is 0 Å². The van der Waals surface area contributed by atoms with Crippen molar-refractivity contribution in [3.63, 3.8) is 0 Å². The zero-order valence-corrected chi connectivity index (χ0v) is 13.8. The van der Waals surface area contributed by atoms with E-state index in [0.717, 1.165) is 21.9 Å². The first-order valence-corrected chi connectivity index (χ1v) is 8.14. The molecule has 6 heteroatoms. The Balaban J connectivity index is 1.63. The molecule has 0 bridgehead atoms. The molecule has 0 spiro atoms. The van der Waals surface area contributed by atoms with Gasteiger partial charge in [0.2, 0.25) is 0 Å². The van der Waals surface area contributed by atoms with Gasteiger partial charge in [-0.05, 0) is 30.7 Å². The van der Waals surface area contributed by atoms with Crippen LogP contribution in [0.15, 0.2) is 68.2 Å². The van der Waals surface area contributed by atoms with Crippen LogP contribution in [0.3, 0.4) is 0 Å². The number of H-pyrrole nitrogens is 1. The highest BCUT2D eigenvalue weighted by molar-refractivity contribution is 5.85. The maximum Gasteiger partial charge on any atom is 0.349 e. The molecular weight excluding hydrogens is 330 g/mol. The first-order valence-electron chi connectivity index (χ1n) is 8.14. The minimum atomic E-state index is -0.501. The molecule has 0 aliphatic heterocycles. The minimum absolute atomic E-state index is 0.135. The normalized spacial score (nSPS) is 11.4. The number of hydrogen-bond acceptors (Lipinski definition) is 5. The molecule has 26 heavy (non-hydrogen) atoms. The molecule has 0 fully saturated rings. The average Bonchev–Trinajstić information content (AvgIpc) is 3.29. The minimum Gasteiger partial charge on any atom is -0.422 e. The van der Waals surface area contributed by atoms with E-state index < -0.39 is 5.63 Å². The highest BCUT2D eigenvalue weighted by atomic mass is 16.4. The standard InChI is InChI=1S/C20H13N3O3/c1-11-5-4-7-13-9-14(20(24)25-17(11)13)18-22-23-19(26-18)16-10-12-6-2-3-8-15(12)21-16/h2-10,21H,1H3. The molecule has 5 aromatic rings. The fourth-order valence-corrected chi connectivity index (χ4v) is 3.07. The lowest BCUT2D eigenvalue weighted by molar-refractivity contribution is 0.545. The Morgan fingerprint density at radius 3 is 2.58 bits per heavy atom. The quantitative estimate of drug-likeness (QED) is 0.483. The van der Waals surface area contributed by atoms with Crippen LogP contribution >= 0.6 is 0 Å². The molecule has 126 valence electrons. The van der Waals surface area contributed by atoms with Crippen LogP contribution in [0.1, 0.15) is 5.56 Å². The molecule has 3 heterocycles. The van der Waals surface area contributed by atoms with E-state index in [-0.39, 0.29) is 11.5 Å². The Bertz CT molecular complexity index is 1290. The van der Waals surface area contributed by atoms with Crippen molar-refractivity contribution in [2.75, 3.05) is 0 Å². The predicted octanol–water partition coefficient (Wildman–Crippen LogP) is 4.30. The number of aromatic nitrogens is 3. The van der Waals surface area contributed by atoms with Crippen molar-refractivity contribution in [1.29, 1.82) is 0 Å². The summed E-state index contributed by atoms with van der Waals surface area (Å²) in [5.41, 5.74) is 2.89. The second kappa shape index (κ2) is 5.42. The van der Waals surface area contributed by atoms with Crippen molar-refractivity contribution in [3.8, 4) is 23.0 Å². The second-order valence-electron chi connectivity index (χ2n) is 6.12. The van der Waals surface area contributed by atoms with Gasteiger partial charge >= 0.3 is 5.63 Å². The fourth-order valence-electron chi connectivity index (χ4n) is 3.07. The second-order valence-corrected chi connectivity index (χ2v) is 6.12. The lowest BCUT2D eigenvalue weighted by Crippen LogP contribution is -2.03. The summed E-state index contributed by atoms with van der Waals surface area (Å²) in [7, 11) is 0. The number of fused-ring (bicyclic) bond motifs is 2. The molecule has 6 nitrogen and oxygen atoms in total. The van der Waals surface area contributed by atoms with Gasteiger partial charge in [0.1, 0.15) is 16.8 Å². The topological polar surface area (TPSA) is 84.9 Å². The smallest absolute Gasteiger partial charge is 0.349 e. The van der Waals surface area contributed by atoms with Gasteiger partial charge in [-0.2, -0.15) is 0 Å². The van der Waals surface area contributed by atoms with Crippen molar-refractivity contribution in [2.24, 2.45) is 0 Å². The van der Waals surface area contributed by atoms with Crippen molar-refractivity contribution < 1.29 is 8.83 Å². The Morgan fingerprint density at radius 1 is 0.885 bits per heavy atom. The van der Waals surface area contributed by atoms with Crippen LogP contribution in [-0.2, 0) is 0 Å². The molecule has 0 saturated heterocycles. The van der Waals surface area contributed by atoms with Gasteiger partial charge in [-0.25, -0.2) is 4.79 Å². The van der Waals surface area contributed by atoms with Crippen LogP contribution in [0.4, 0.5) is 0 Å². The first-order chi connectivity index (χ1) is 12.7. The molecular formula is C20H13N3O3. The largest absolute Gasteiger partial charge is 0.422 e. The van der Waals surface area contributed by atoms with Crippen LogP contribution in [0.5, 0.6) is 0 Å². The molecule has 0 amide bonds. The lowest BCUT2D eigenvalue weighted by Gasteiger charge is -2.01. The summed E-state index contributed by atoms with van der Waals surface area (Å²) in [6.45, 7) is 1.89. The molecule has 5 rings (SSSR count). The Morgan fingerprint density at radius 2 is 1.69 bits per heavy atom. The highest BCUT2D eigenvalue weighted by Crippen LogP contribution is 2.27. The predicted molar refractivity (Wildman–Crippen MR) is 97.8 cm³/mol. The van der Waals surface area contributed by atoms with E-state index in [4.69, 9.17) is 8.83 Å². The maximum atomic E-state index is 12.4. The summed E-state index contributed by atoms with van der Waals surface area (Å²) in [5.74, 6) is 0.454. The SMILES string of the molecule is Cc1cccc2cc(-c3nnc(-c4cc5ccccc5[nH]4)o3)c(=O)oc12. The Hall–Kier alpha value is -3.67. The molecule has 0 saturated carbocycles. The van der Waals surface area contributed by atoms with E-state index in [1.54, 1.807) is 6.07 Å². The molecule has 2 aromatic carbocycles. The van der Waals surface area contributed by atoms with Gasteiger partial charge in [0.25, 0.3) is 11.8 Å². The van der Waals surface area contributed by atoms with Gasteiger partial charge in [0, 0.05) is 16.3 Å². The summed E-state index contributed by atoms with van der Waals surface area (Å²) in [6.07, 6.45) is 0. The number of aromatic amines is 1. The fraction of sp³-hybridized carbons (Fsp3) is 0.0500. The monoisotopic (exact) mass is 343 g/mol. The van der Waals surface area contributed by atoms with E-state index in [9.17, 15) is 4.79 Å². The van der Waals surface area contributed by atoms with Gasteiger partial charge in [-0.1, -0.05) is 36.4 Å². The van der Waals surface area contributed by atoms with Gasteiger partial charge < -0.3 is 13.8 Å². The number of aryl methyl sites for hydroxylation is 1. The van der Waals surface area contributed by atoms with Crippen LogP contribution in [-0.4, -0.2) is 15.2 Å². The van der Waals surface area contributed by atoms with Crippen LogP contribution in [0.25, 0.3) is 44.9 Å². The first kappa shape index (κ1) is 14.7. The van der Waals surface area contributed by atoms with Crippen LogP contribution in [0.2, 0.25) is 0 Å². The third-order valence-electron chi connectivity index (χ3n) is 4.37. The molecule has 0 aliphatic rings. The molecule has 1 N–H and O–H groups in total. The molecule has 0 aliphatic carbocycles. The van der Waals surface area contributed by atoms with E-state index in [0.29, 0.717) is 17.2 Å². The zero-order valence-electron chi connectivity index (χ0n) is 13.8. The van der Waals surface area contributed by atoms with E-state index in [1.165, 1.54) is 0 Å². The number of benzene rings is 2. The van der Waals surface area contributed by atoms with Crippen LogP contribution in [0, 0.1) is 6.92 Å². The molecule has 0 atom stereocenters. The summed E-state index contributed by atoms with van der Waals surface area (Å²) < 4.78 is 11.2. The Kier molecular flexibility index (Phi) is 3.05. The zero-order chi connectivity index (χ0) is 17.7. The van der Waals surface area contributed by atoms with Crippen molar-refractivity contribution in [3.05, 3.63) is 70.6 Å². The lowest BCUT2D eigenvalue weighted by atomic mass is 10.1. The third kappa shape index (κ3) is 2.23. The summed E-state index contributed by atoms with van der Waals surface area (Å²) in [6, 6.07) is 17.2. The number of hydrogen-bond donors (Lipinski definition) is 1. The summed E-state index contributed by atoms with van der Waals surface area (Å²) in [4.78, 5) is 15.6. The van der Waals surface area contributed by atoms with Gasteiger partial charge in [0.15, 0.2) is 0 Å². The van der Waals surface area contributed by atoms with Crippen LogP contribution < -0.4 is 5.63 Å². The Labute approximate surface area is 147 Å². The van der Waals surface area contributed by atoms with Gasteiger partial charge in [-0.15, -0.1) is 10.2 Å². The number of para-hydroxylation sites is 2. The van der Waals surface area contributed by atoms with E-state index >= 15 is 0 Å². The molecule has 0 radical (unpaired) electrons. The molecule has 0 unspecified atom stereocenters. The van der Waals surface area contributed by atoms with E-state index in [2.05, 4.69) is 15.2 Å². The highest BCUT2D eigenvalue weighted by Gasteiger charge is 2.17. The number of rotatable bonds is 2. The van der Waals surface area contributed by atoms with Crippen molar-refractivity contribution >= 4 is 21.9 Å². The van der Waals surface area contributed by atoms with Gasteiger partial charge in [0.05, 0.1) is 0 Å². The average molecular weight is 343 g/mol. The third-order valence-corrected chi connectivity index (χ3v) is 4.37. The summed E-state index contributed by atoms with van der Waals surface area (Å²) >= 11 is 0. The summed E-state index contributed by atoms with van der Waals surface area (Å²) in [5, 5.41) is 9.95. The van der Waals surface area contributed by atoms with E-state index in [1.807, 2.05) is 55.5 Å². The molecule has 3 aromatic heterocycles.